The molecule has 1 aromatic heterocycles. The van der Waals surface area contributed by atoms with Gasteiger partial charge in [-0.05, 0) is 25.8 Å². The summed E-state index contributed by atoms with van der Waals surface area (Å²) in [5, 5.41) is 16.9. The molecule has 0 bridgehead atoms. The van der Waals surface area contributed by atoms with E-state index in [0.29, 0.717) is 17.7 Å². The van der Waals surface area contributed by atoms with Gasteiger partial charge in [-0.1, -0.05) is 0 Å². The number of hydrogen-bond acceptors (Lipinski definition) is 5. The molecule has 0 saturated carbocycles. The van der Waals surface area contributed by atoms with Crippen LogP contribution in [0.15, 0.2) is 4.42 Å². The molecule has 1 aliphatic heterocycles. The third-order valence-electron chi connectivity index (χ3n) is 3.02. The molecule has 2 atom stereocenters. The minimum absolute atomic E-state index is 0.155. The number of aliphatic hydroxyl groups is 1. The van der Waals surface area contributed by atoms with Crippen molar-refractivity contribution >= 4 is 0 Å². The zero-order chi connectivity index (χ0) is 10.8. The first kappa shape index (κ1) is 10.6. The standard InChI is InChI=1S/C10H17N3O2/c1-7(10-12-11-8(2)15-10)13-4-3-9(5-13)6-14/h7,9,14H,3-6H2,1-2H3. The van der Waals surface area contributed by atoms with Crippen LogP contribution in [-0.4, -0.2) is 39.9 Å². The number of hydrogen-bond donors (Lipinski definition) is 1. The Morgan fingerprint density at radius 1 is 1.60 bits per heavy atom. The molecule has 0 aromatic carbocycles. The van der Waals surface area contributed by atoms with Crippen molar-refractivity contribution in [1.29, 1.82) is 0 Å². The molecule has 0 radical (unpaired) electrons. The van der Waals surface area contributed by atoms with Gasteiger partial charge in [-0.25, -0.2) is 0 Å². The van der Waals surface area contributed by atoms with Gasteiger partial charge in [-0.3, -0.25) is 4.90 Å². The predicted octanol–water partition coefficient (Wildman–Crippen LogP) is 0.753. The molecule has 5 nitrogen and oxygen atoms in total. The molecule has 1 aliphatic rings. The van der Waals surface area contributed by atoms with Crippen LogP contribution < -0.4 is 0 Å². The molecule has 15 heavy (non-hydrogen) atoms. The van der Waals surface area contributed by atoms with Crippen LogP contribution in [0.1, 0.15) is 31.2 Å². The first-order chi connectivity index (χ1) is 7.20. The van der Waals surface area contributed by atoms with E-state index in [1.165, 1.54) is 0 Å². The van der Waals surface area contributed by atoms with Crippen LogP contribution in [0.2, 0.25) is 0 Å². The lowest BCUT2D eigenvalue weighted by molar-refractivity contribution is 0.189. The molecule has 2 heterocycles. The summed E-state index contributed by atoms with van der Waals surface area (Å²) in [5.41, 5.74) is 0. The van der Waals surface area contributed by atoms with Gasteiger partial charge in [0.25, 0.3) is 0 Å². The fraction of sp³-hybridized carbons (Fsp3) is 0.800. The Kier molecular flexibility index (Phi) is 3.02. The van der Waals surface area contributed by atoms with Crippen LogP contribution >= 0.6 is 0 Å². The van der Waals surface area contributed by atoms with Gasteiger partial charge in [-0.15, -0.1) is 10.2 Å². The lowest BCUT2D eigenvalue weighted by atomic mass is 10.1. The zero-order valence-corrected chi connectivity index (χ0v) is 9.18. The van der Waals surface area contributed by atoms with Crippen LogP contribution in [0, 0.1) is 12.8 Å². The van der Waals surface area contributed by atoms with Crippen molar-refractivity contribution < 1.29 is 9.52 Å². The summed E-state index contributed by atoms with van der Waals surface area (Å²) >= 11 is 0. The van der Waals surface area contributed by atoms with Gasteiger partial charge >= 0.3 is 0 Å². The van der Waals surface area contributed by atoms with E-state index in [1.54, 1.807) is 6.92 Å². The average Bonchev–Trinajstić information content (AvgIpc) is 2.84. The monoisotopic (exact) mass is 211 g/mol. The van der Waals surface area contributed by atoms with Gasteiger partial charge in [0.2, 0.25) is 11.8 Å². The van der Waals surface area contributed by atoms with Gasteiger partial charge in [0.1, 0.15) is 0 Å². The maximum Gasteiger partial charge on any atom is 0.233 e. The highest BCUT2D eigenvalue weighted by atomic mass is 16.4. The van der Waals surface area contributed by atoms with E-state index in [2.05, 4.69) is 22.0 Å². The average molecular weight is 211 g/mol. The van der Waals surface area contributed by atoms with Gasteiger partial charge < -0.3 is 9.52 Å². The predicted molar refractivity (Wildman–Crippen MR) is 54.2 cm³/mol. The molecule has 5 heteroatoms. The van der Waals surface area contributed by atoms with Gasteiger partial charge in [0.05, 0.1) is 6.04 Å². The Morgan fingerprint density at radius 2 is 2.40 bits per heavy atom. The Hall–Kier alpha value is -0.940. The number of likely N-dealkylation sites (tertiary alicyclic amines) is 1. The van der Waals surface area contributed by atoms with Crippen molar-refractivity contribution in [3.05, 3.63) is 11.8 Å². The maximum atomic E-state index is 9.06. The maximum absolute atomic E-state index is 9.06. The second-order valence-electron chi connectivity index (χ2n) is 4.17. The summed E-state index contributed by atoms with van der Waals surface area (Å²) in [6.45, 7) is 6.04. The summed E-state index contributed by atoms with van der Waals surface area (Å²) in [6.07, 6.45) is 1.05. The summed E-state index contributed by atoms with van der Waals surface area (Å²) in [6, 6.07) is 0.155. The number of rotatable bonds is 3. The summed E-state index contributed by atoms with van der Waals surface area (Å²) in [7, 11) is 0. The largest absolute Gasteiger partial charge is 0.424 e. The molecule has 1 aromatic rings. The summed E-state index contributed by atoms with van der Waals surface area (Å²) in [4.78, 5) is 2.27. The van der Waals surface area contributed by atoms with Crippen LogP contribution in [0.5, 0.6) is 0 Å². The van der Waals surface area contributed by atoms with E-state index in [4.69, 9.17) is 9.52 Å². The molecule has 0 amide bonds. The zero-order valence-electron chi connectivity index (χ0n) is 9.18. The van der Waals surface area contributed by atoms with Crippen molar-refractivity contribution in [2.24, 2.45) is 5.92 Å². The smallest absolute Gasteiger partial charge is 0.233 e. The van der Waals surface area contributed by atoms with Crippen LogP contribution in [0.3, 0.4) is 0 Å². The molecule has 0 spiro atoms. The van der Waals surface area contributed by atoms with Crippen LogP contribution in [0.25, 0.3) is 0 Å². The molecule has 1 fully saturated rings. The van der Waals surface area contributed by atoms with Gasteiger partial charge in [0, 0.05) is 20.1 Å². The second kappa shape index (κ2) is 4.28. The quantitative estimate of drug-likeness (QED) is 0.799. The molecule has 84 valence electrons. The van der Waals surface area contributed by atoms with Crippen LogP contribution in [-0.2, 0) is 0 Å². The number of aryl methyl sites for hydroxylation is 1. The Bertz CT molecular complexity index is 326. The van der Waals surface area contributed by atoms with Crippen molar-refractivity contribution in [3.8, 4) is 0 Å². The molecule has 0 aliphatic carbocycles. The highest BCUT2D eigenvalue weighted by molar-refractivity contribution is 4.91. The Labute approximate surface area is 89.1 Å². The third-order valence-corrected chi connectivity index (χ3v) is 3.02. The summed E-state index contributed by atoms with van der Waals surface area (Å²) < 4.78 is 5.40. The van der Waals surface area contributed by atoms with E-state index >= 15 is 0 Å². The summed E-state index contributed by atoms with van der Waals surface area (Å²) in [5.74, 6) is 1.68. The van der Waals surface area contributed by atoms with Crippen LogP contribution in [0.4, 0.5) is 0 Å². The van der Waals surface area contributed by atoms with Crippen molar-refractivity contribution in [1.82, 2.24) is 15.1 Å². The third kappa shape index (κ3) is 2.18. The molecule has 2 unspecified atom stereocenters. The van der Waals surface area contributed by atoms with E-state index < -0.39 is 0 Å². The van der Waals surface area contributed by atoms with E-state index in [0.717, 1.165) is 19.5 Å². The van der Waals surface area contributed by atoms with Crippen molar-refractivity contribution in [2.75, 3.05) is 19.7 Å². The van der Waals surface area contributed by atoms with Crippen molar-refractivity contribution in [2.45, 2.75) is 26.3 Å². The fourth-order valence-electron chi connectivity index (χ4n) is 2.00. The minimum Gasteiger partial charge on any atom is -0.424 e. The minimum atomic E-state index is 0.155. The highest BCUT2D eigenvalue weighted by Crippen LogP contribution is 2.26. The van der Waals surface area contributed by atoms with E-state index in [1.807, 2.05) is 0 Å². The van der Waals surface area contributed by atoms with E-state index in [9.17, 15) is 0 Å². The number of nitrogens with zero attached hydrogens (tertiary/aromatic N) is 3. The molecule has 1 saturated heterocycles. The molecule has 1 N–H and O–H groups in total. The topological polar surface area (TPSA) is 62.4 Å². The molecule has 2 rings (SSSR count). The number of aliphatic hydroxyl groups excluding tert-OH is 1. The lowest BCUT2D eigenvalue weighted by Crippen LogP contribution is -2.25. The molecular weight excluding hydrogens is 194 g/mol. The second-order valence-corrected chi connectivity index (χ2v) is 4.17. The SMILES string of the molecule is Cc1nnc(C(C)N2CCC(CO)C2)o1. The fourth-order valence-corrected chi connectivity index (χ4v) is 2.00. The molecular formula is C10H17N3O2. The Morgan fingerprint density at radius 3 is 2.93 bits per heavy atom. The van der Waals surface area contributed by atoms with E-state index in [-0.39, 0.29) is 12.6 Å². The Balaban J connectivity index is 2.00. The first-order valence-electron chi connectivity index (χ1n) is 5.35. The van der Waals surface area contributed by atoms with Gasteiger partial charge in [-0.2, -0.15) is 0 Å². The number of aromatic nitrogens is 2. The highest BCUT2D eigenvalue weighted by Gasteiger charge is 2.28. The normalized spacial score (nSPS) is 24.6. The first-order valence-corrected chi connectivity index (χ1v) is 5.35. The van der Waals surface area contributed by atoms with Crippen molar-refractivity contribution in [3.63, 3.8) is 0 Å². The van der Waals surface area contributed by atoms with Gasteiger partial charge in [0.15, 0.2) is 0 Å². The lowest BCUT2D eigenvalue weighted by Gasteiger charge is -2.20.